The fraction of sp³-hybridized carbons (Fsp3) is 0.235. The van der Waals surface area contributed by atoms with Crippen LogP contribution in [0.25, 0.3) is 0 Å². The Kier molecular flexibility index (Phi) is 5.06. The number of hydrogen-bond donors (Lipinski definition) is 1. The summed E-state index contributed by atoms with van der Waals surface area (Å²) in [6, 6.07) is 14.8. The Hall–Kier alpha value is -2.20. The van der Waals surface area contributed by atoms with E-state index in [2.05, 4.69) is 0 Å². The lowest BCUT2D eigenvalue weighted by atomic mass is 10.1. The van der Waals surface area contributed by atoms with Gasteiger partial charge in [-0.25, -0.2) is 4.39 Å². The van der Waals surface area contributed by atoms with Crippen molar-refractivity contribution in [3.8, 4) is 0 Å². The van der Waals surface area contributed by atoms with Gasteiger partial charge >= 0.3 is 0 Å². The van der Waals surface area contributed by atoms with E-state index in [-0.39, 0.29) is 11.7 Å². The van der Waals surface area contributed by atoms with Gasteiger partial charge < -0.3 is 10.6 Å². The summed E-state index contributed by atoms with van der Waals surface area (Å²) in [4.78, 5) is 14.1. The van der Waals surface area contributed by atoms with E-state index in [9.17, 15) is 9.18 Å². The number of carbonyl (C=O) groups excluding carboxylic acids is 1. The van der Waals surface area contributed by atoms with Gasteiger partial charge in [-0.1, -0.05) is 42.5 Å². The molecule has 2 aromatic rings. The van der Waals surface area contributed by atoms with Crippen molar-refractivity contribution in [3.63, 3.8) is 0 Å². The topological polar surface area (TPSA) is 46.3 Å². The normalized spacial score (nSPS) is 12.0. The number of halogens is 1. The summed E-state index contributed by atoms with van der Waals surface area (Å²) >= 11 is 0. The van der Waals surface area contributed by atoms with E-state index in [0.717, 1.165) is 11.1 Å². The number of amides is 1. The Morgan fingerprint density at radius 2 is 1.90 bits per heavy atom. The summed E-state index contributed by atoms with van der Waals surface area (Å²) in [6.45, 7) is 2.76. The van der Waals surface area contributed by atoms with Crippen molar-refractivity contribution in [1.82, 2.24) is 4.90 Å². The van der Waals surface area contributed by atoms with Gasteiger partial charge in [-0.2, -0.15) is 0 Å². The van der Waals surface area contributed by atoms with E-state index in [1.807, 2.05) is 37.3 Å². The van der Waals surface area contributed by atoms with Crippen LogP contribution in [0.5, 0.6) is 0 Å². The number of nitrogens with two attached hydrogens (primary N) is 1. The van der Waals surface area contributed by atoms with Gasteiger partial charge in [-0.3, -0.25) is 4.79 Å². The van der Waals surface area contributed by atoms with Crippen LogP contribution >= 0.6 is 0 Å². The molecule has 4 heteroatoms. The molecule has 0 radical (unpaired) electrons. The molecule has 1 amide bonds. The Morgan fingerprint density at radius 3 is 2.52 bits per heavy atom. The minimum Gasteiger partial charge on any atom is -0.337 e. The molecule has 1 atom stereocenters. The van der Waals surface area contributed by atoms with Crippen molar-refractivity contribution < 1.29 is 9.18 Å². The predicted molar refractivity (Wildman–Crippen MR) is 80.9 cm³/mol. The Labute approximate surface area is 124 Å². The van der Waals surface area contributed by atoms with Crippen molar-refractivity contribution in [2.45, 2.75) is 19.5 Å². The molecule has 1 unspecified atom stereocenters. The Bertz CT molecular complexity index is 601. The predicted octanol–water partition coefficient (Wildman–Crippen LogP) is 2.87. The van der Waals surface area contributed by atoms with Crippen molar-refractivity contribution in [2.75, 3.05) is 6.54 Å². The maximum Gasteiger partial charge on any atom is 0.244 e. The summed E-state index contributed by atoms with van der Waals surface area (Å²) in [5.74, 6) is -0.462. The summed E-state index contributed by atoms with van der Waals surface area (Å²) in [5.41, 5.74) is 7.57. The molecule has 0 saturated carbocycles. The van der Waals surface area contributed by atoms with Crippen LogP contribution < -0.4 is 5.73 Å². The van der Waals surface area contributed by atoms with Crippen LogP contribution in [0.2, 0.25) is 0 Å². The highest BCUT2D eigenvalue weighted by Crippen LogP contribution is 2.15. The standard InChI is InChI=1S/C17H19FN2O/c1-2-20(12-13-7-6-10-15(18)11-13)17(21)16(19)14-8-4-3-5-9-14/h3-11,16H,2,12,19H2,1H3. The summed E-state index contributed by atoms with van der Waals surface area (Å²) in [5, 5.41) is 0. The highest BCUT2D eigenvalue weighted by molar-refractivity contribution is 5.83. The van der Waals surface area contributed by atoms with Gasteiger partial charge in [0.2, 0.25) is 5.91 Å². The van der Waals surface area contributed by atoms with Gasteiger partial charge in [-0.15, -0.1) is 0 Å². The Morgan fingerprint density at radius 1 is 1.19 bits per heavy atom. The SMILES string of the molecule is CCN(Cc1cccc(F)c1)C(=O)C(N)c1ccccc1. The molecule has 0 aromatic heterocycles. The molecule has 0 bridgehead atoms. The fourth-order valence-corrected chi connectivity index (χ4v) is 2.20. The van der Waals surface area contributed by atoms with Crippen LogP contribution in [0.4, 0.5) is 4.39 Å². The number of likely N-dealkylation sites (N-methyl/N-ethyl adjacent to an activating group) is 1. The van der Waals surface area contributed by atoms with Crippen LogP contribution in [0.15, 0.2) is 54.6 Å². The molecule has 0 aliphatic heterocycles. The van der Waals surface area contributed by atoms with Crippen LogP contribution in [0.3, 0.4) is 0 Å². The molecular weight excluding hydrogens is 267 g/mol. The highest BCUT2D eigenvalue weighted by Gasteiger charge is 2.21. The summed E-state index contributed by atoms with van der Waals surface area (Å²) in [6.07, 6.45) is 0. The third-order valence-electron chi connectivity index (χ3n) is 3.38. The van der Waals surface area contributed by atoms with E-state index in [1.54, 1.807) is 17.0 Å². The smallest absolute Gasteiger partial charge is 0.244 e. The Balaban J connectivity index is 2.12. The maximum absolute atomic E-state index is 13.2. The molecular formula is C17H19FN2O. The number of benzene rings is 2. The van der Waals surface area contributed by atoms with E-state index in [0.29, 0.717) is 13.1 Å². The minimum absolute atomic E-state index is 0.159. The molecule has 110 valence electrons. The first kappa shape index (κ1) is 15.2. The highest BCUT2D eigenvalue weighted by atomic mass is 19.1. The largest absolute Gasteiger partial charge is 0.337 e. The van der Waals surface area contributed by atoms with Crippen LogP contribution in [0.1, 0.15) is 24.1 Å². The first-order valence-electron chi connectivity index (χ1n) is 6.95. The van der Waals surface area contributed by atoms with Gasteiger partial charge in [0.25, 0.3) is 0 Å². The molecule has 0 aliphatic rings. The lowest BCUT2D eigenvalue weighted by molar-refractivity contribution is -0.133. The lowest BCUT2D eigenvalue weighted by Gasteiger charge is -2.24. The number of hydrogen-bond acceptors (Lipinski definition) is 2. The average Bonchev–Trinajstić information content (AvgIpc) is 2.52. The first-order valence-corrected chi connectivity index (χ1v) is 6.95. The number of carbonyl (C=O) groups is 1. The third-order valence-corrected chi connectivity index (χ3v) is 3.38. The lowest BCUT2D eigenvalue weighted by Crippen LogP contribution is -2.38. The van der Waals surface area contributed by atoms with Crippen molar-refractivity contribution >= 4 is 5.91 Å². The fourth-order valence-electron chi connectivity index (χ4n) is 2.20. The molecule has 2 N–H and O–H groups in total. The second kappa shape index (κ2) is 6.99. The van der Waals surface area contributed by atoms with Crippen molar-refractivity contribution in [1.29, 1.82) is 0 Å². The van der Waals surface area contributed by atoms with Crippen LogP contribution in [0, 0.1) is 5.82 Å². The number of nitrogens with zero attached hydrogens (tertiary/aromatic N) is 1. The van der Waals surface area contributed by atoms with Crippen LogP contribution in [-0.4, -0.2) is 17.4 Å². The van der Waals surface area contributed by atoms with Gasteiger partial charge in [0, 0.05) is 13.1 Å². The van der Waals surface area contributed by atoms with Gasteiger partial charge in [0.05, 0.1) is 0 Å². The summed E-state index contributed by atoms with van der Waals surface area (Å²) < 4.78 is 13.2. The van der Waals surface area contributed by atoms with Gasteiger partial charge in [-0.05, 0) is 30.2 Å². The van der Waals surface area contributed by atoms with E-state index >= 15 is 0 Å². The number of rotatable bonds is 5. The molecule has 2 aromatic carbocycles. The molecule has 21 heavy (non-hydrogen) atoms. The monoisotopic (exact) mass is 286 g/mol. The zero-order valence-corrected chi connectivity index (χ0v) is 12.0. The third kappa shape index (κ3) is 3.89. The molecule has 2 rings (SSSR count). The van der Waals surface area contributed by atoms with Crippen molar-refractivity contribution in [3.05, 3.63) is 71.5 Å². The summed E-state index contributed by atoms with van der Waals surface area (Å²) in [7, 11) is 0. The minimum atomic E-state index is -0.695. The second-order valence-electron chi connectivity index (χ2n) is 4.87. The molecule has 0 spiro atoms. The quantitative estimate of drug-likeness (QED) is 0.918. The van der Waals surface area contributed by atoms with E-state index in [1.165, 1.54) is 12.1 Å². The van der Waals surface area contributed by atoms with Gasteiger partial charge in [0.1, 0.15) is 11.9 Å². The molecule has 0 fully saturated rings. The van der Waals surface area contributed by atoms with Gasteiger partial charge in [0.15, 0.2) is 0 Å². The first-order chi connectivity index (χ1) is 10.1. The molecule has 3 nitrogen and oxygen atoms in total. The maximum atomic E-state index is 13.2. The van der Waals surface area contributed by atoms with E-state index < -0.39 is 6.04 Å². The van der Waals surface area contributed by atoms with Crippen LogP contribution in [-0.2, 0) is 11.3 Å². The zero-order chi connectivity index (χ0) is 15.2. The average molecular weight is 286 g/mol. The van der Waals surface area contributed by atoms with E-state index in [4.69, 9.17) is 5.73 Å². The molecule has 0 aliphatic carbocycles. The zero-order valence-electron chi connectivity index (χ0n) is 12.0. The molecule has 0 saturated heterocycles. The van der Waals surface area contributed by atoms with Crippen molar-refractivity contribution in [2.24, 2.45) is 5.73 Å². The second-order valence-corrected chi connectivity index (χ2v) is 4.87. The molecule has 0 heterocycles.